The zero-order chi connectivity index (χ0) is 23.5. The average Bonchev–Trinajstić information content (AvgIpc) is 3.05. The van der Waals surface area contributed by atoms with Crippen LogP contribution in [0.3, 0.4) is 0 Å². The first-order valence-corrected chi connectivity index (χ1v) is 10.3. The zero-order valence-electron chi connectivity index (χ0n) is 17.4. The standard InChI is InChI=1S/C25H19F3N2O3/c26-17-9-7-16(8-10-17)23(31)29(22-12-11-18(27)15-21(22)28)13-3-4-14-30-24(32)19-5-1-2-6-20(19)25(30)33/h1-2,5-12,15H,3-4,13-14H2. The number of imide groups is 1. The second-order valence-corrected chi connectivity index (χ2v) is 7.57. The normalized spacial score (nSPS) is 12.8. The lowest BCUT2D eigenvalue weighted by Gasteiger charge is -2.24. The van der Waals surface area contributed by atoms with Gasteiger partial charge in [0.25, 0.3) is 17.7 Å². The van der Waals surface area contributed by atoms with E-state index in [1.165, 1.54) is 12.1 Å². The van der Waals surface area contributed by atoms with E-state index in [1.54, 1.807) is 24.3 Å². The maximum Gasteiger partial charge on any atom is 0.261 e. The van der Waals surface area contributed by atoms with Gasteiger partial charge in [0.15, 0.2) is 0 Å². The molecule has 5 nitrogen and oxygen atoms in total. The van der Waals surface area contributed by atoms with E-state index in [1.807, 2.05) is 0 Å². The lowest BCUT2D eigenvalue weighted by atomic mass is 10.1. The molecule has 0 spiro atoms. The molecule has 33 heavy (non-hydrogen) atoms. The minimum absolute atomic E-state index is 0.0436. The number of amides is 3. The molecule has 0 radical (unpaired) electrons. The van der Waals surface area contributed by atoms with Gasteiger partial charge >= 0.3 is 0 Å². The van der Waals surface area contributed by atoms with Gasteiger partial charge in [-0.15, -0.1) is 0 Å². The molecule has 8 heteroatoms. The quantitative estimate of drug-likeness (QED) is 0.381. The van der Waals surface area contributed by atoms with E-state index in [9.17, 15) is 27.6 Å². The average molecular weight is 452 g/mol. The summed E-state index contributed by atoms with van der Waals surface area (Å²) >= 11 is 0. The molecule has 3 aromatic rings. The molecule has 0 saturated heterocycles. The molecule has 1 aliphatic rings. The first-order valence-electron chi connectivity index (χ1n) is 10.3. The van der Waals surface area contributed by atoms with Crippen molar-refractivity contribution in [2.24, 2.45) is 0 Å². The molecule has 0 unspecified atom stereocenters. The highest BCUT2D eigenvalue weighted by atomic mass is 19.1. The fourth-order valence-corrected chi connectivity index (χ4v) is 3.76. The van der Waals surface area contributed by atoms with E-state index >= 15 is 0 Å². The summed E-state index contributed by atoms with van der Waals surface area (Å²) in [6.45, 7) is 0.179. The maximum absolute atomic E-state index is 14.5. The second-order valence-electron chi connectivity index (χ2n) is 7.57. The summed E-state index contributed by atoms with van der Waals surface area (Å²) in [7, 11) is 0. The summed E-state index contributed by atoms with van der Waals surface area (Å²) in [6.07, 6.45) is 0.693. The van der Waals surface area contributed by atoms with Crippen LogP contribution in [0.25, 0.3) is 0 Å². The SMILES string of the molecule is O=C1c2ccccc2C(=O)N1CCCCN(C(=O)c1ccc(F)cc1)c1ccc(F)cc1F. The van der Waals surface area contributed by atoms with Gasteiger partial charge < -0.3 is 4.90 Å². The number of halogens is 3. The summed E-state index contributed by atoms with van der Waals surface area (Å²) in [5.41, 5.74) is 0.722. The van der Waals surface area contributed by atoms with Gasteiger partial charge in [0, 0.05) is 24.7 Å². The summed E-state index contributed by atoms with van der Waals surface area (Å²) in [5, 5.41) is 0. The predicted octanol–water partition coefficient (Wildman–Crippen LogP) is 4.83. The number of hydrogen-bond donors (Lipinski definition) is 0. The lowest BCUT2D eigenvalue weighted by Crippen LogP contribution is -2.34. The second kappa shape index (κ2) is 9.28. The molecule has 4 rings (SSSR count). The van der Waals surface area contributed by atoms with Crippen molar-refractivity contribution < 1.29 is 27.6 Å². The van der Waals surface area contributed by atoms with Gasteiger partial charge in [0.1, 0.15) is 17.5 Å². The van der Waals surface area contributed by atoms with Crippen LogP contribution in [0.1, 0.15) is 43.9 Å². The van der Waals surface area contributed by atoms with Crippen molar-refractivity contribution >= 4 is 23.4 Å². The zero-order valence-corrected chi connectivity index (χ0v) is 17.4. The van der Waals surface area contributed by atoms with E-state index in [2.05, 4.69) is 0 Å². The van der Waals surface area contributed by atoms with Crippen LogP contribution in [0.5, 0.6) is 0 Å². The Morgan fingerprint density at radius 3 is 2.00 bits per heavy atom. The monoisotopic (exact) mass is 452 g/mol. The van der Waals surface area contributed by atoms with E-state index in [0.29, 0.717) is 30.0 Å². The Balaban J connectivity index is 1.47. The third kappa shape index (κ3) is 4.50. The molecule has 1 aliphatic heterocycles. The minimum Gasteiger partial charge on any atom is -0.306 e. The molecule has 0 atom stereocenters. The van der Waals surface area contributed by atoms with Gasteiger partial charge in [0.2, 0.25) is 0 Å². The Labute approximate surface area is 188 Å². The number of unbranched alkanes of at least 4 members (excludes halogenated alkanes) is 1. The Kier molecular flexibility index (Phi) is 6.26. The number of rotatable bonds is 7. The van der Waals surface area contributed by atoms with Gasteiger partial charge in [0.05, 0.1) is 16.8 Å². The van der Waals surface area contributed by atoms with Crippen LogP contribution in [-0.2, 0) is 0 Å². The Morgan fingerprint density at radius 2 is 1.39 bits per heavy atom. The van der Waals surface area contributed by atoms with Gasteiger partial charge in [-0.2, -0.15) is 0 Å². The fourth-order valence-electron chi connectivity index (χ4n) is 3.76. The van der Waals surface area contributed by atoms with Crippen molar-refractivity contribution in [2.45, 2.75) is 12.8 Å². The van der Waals surface area contributed by atoms with Gasteiger partial charge in [-0.3, -0.25) is 19.3 Å². The van der Waals surface area contributed by atoms with Crippen molar-refractivity contribution in [3.63, 3.8) is 0 Å². The highest BCUT2D eigenvalue weighted by Gasteiger charge is 2.34. The topological polar surface area (TPSA) is 57.7 Å². The third-order valence-corrected chi connectivity index (χ3v) is 5.43. The number of fused-ring (bicyclic) bond motifs is 1. The molecule has 168 valence electrons. The number of benzene rings is 3. The molecule has 0 saturated carbocycles. The van der Waals surface area contributed by atoms with Crippen molar-refractivity contribution in [1.82, 2.24) is 4.90 Å². The van der Waals surface area contributed by atoms with E-state index < -0.39 is 23.4 Å². The molecule has 3 aromatic carbocycles. The van der Waals surface area contributed by atoms with Crippen LogP contribution < -0.4 is 4.90 Å². The first kappa shape index (κ1) is 22.3. The van der Waals surface area contributed by atoms with Crippen LogP contribution in [0, 0.1) is 17.5 Å². The molecular weight excluding hydrogens is 433 g/mol. The van der Waals surface area contributed by atoms with Crippen molar-refractivity contribution in [2.75, 3.05) is 18.0 Å². The van der Waals surface area contributed by atoms with Crippen molar-refractivity contribution in [3.05, 3.63) is 101 Å². The predicted molar refractivity (Wildman–Crippen MR) is 115 cm³/mol. The van der Waals surface area contributed by atoms with E-state index in [-0.39, 0.29) is 36.2 Å². The molecule has 0 fully saturated rings. The van der Waals surface area contributed by atoms with Gasteiger partial charge in [-0.05, 0) is 61.4 Å². The number of hydrogen-bond acceptors (Lipinski definition) is 3. The smallest absolute Gasteiger partial charge is 0.261 e. The van der Waals surface area contributed by atoms with Crippen molar-refractivity contribution in [1.29, 1.82) is 0 Å². The molecule has 3 amide bonds. The van der Waals surface area contributed by atoms with Crippen LogP contribution in [0.4, 0.5) is 18.9 Å². The Bertz CT molecular complexity index is 1190. The lowest BCUT2D eigenvalue weighted by molar-refractivity contribution is 0.0651. The Morgan fingerprint density at radius 1 is 0.788 bits per heavy atom. The fraction of sp³-hybridized carbons (Fsp3) is 0.160. The molecule has 0 bridgehead atoms. The van der Waals surface area contributed by atoms with Gasteiger partial charge in [-0.25, -0.2) is 13.2 Å². The van der Waals surface area contributed by atoms with Crippen LogP contribution in [0.2, 0.25) is 0 Å². The van der Waals surface area contributed by atoms with Crippen molar-refractivity contribution in [3.8, 4) is 0 Å². The summed E-state index contributed by atoms with van der Waals surface area (Å²) in [6, 6.07) is 14.2. The summed E-state index contributed by atoms with van der Waals surface area (Å²) in [5.74, 6) is -3.55. The van der Waals surface area contributed by atoms with Crippen LogP contribution >= 0.6 is 0 Å². The third-order valence-electron chi connectivity index (χ3n) is 5.43. The molecular formula is C25H19F3N2O3. The molecule has 0 N–H and O–H groups in total. The number of anilines is 1. The molecule has 1 heterocycles. The number of carbonyl (C=O) groups excluding carboxylic acids is 3. The highest BCUT2D eigenvalue weighted by molar-refractivity contribution is 6.21. The largest absolute Gasteiger partial charge is 0.306 e. The summed E-state index contributed by atoms with van der Waals surface area (Å²) in [4.78, 5) is 40.3. The highest BCUT2D eigenvalue weighted by Crippen LogP contribution is 2.25. The molecule has 0 aliphatic carbocycles. The van der Waals surface area contributed by atoms with E-state index in [4.69, 9.17) is 0 Å². The summed E-state index contributed by atoms with van der Waals surface area (Å²) < 4.78 is 41.1. The van der Waals surface area contributed by atoms with Crippen LogP contribution in [0.15, 0.2) is 66.7 Å². The molecule has 0 aromatic heterocycles. The minimum atomic E-state index is -0.911. The van der Waals surface area contributed by atoms with E-state index in [0.717, 1.165) is 34.1 Å². The number of nitrogens with zero attached hydrogens (tertiary/aromatic N) is 2. The maximum atomic E-state index is 14.5. The van der Waals surface area contributed by atoms with Crippen LogP contribution in [-0.4, -0.2) is 35.7 Å². The number of carbonyl (C=O) groups is 3. The van der Waals surface area contributed by atoms with Gasteiger partial charge in [-0.1, -0.05) is 12.1 Å². The Hall–Kier alpha value is -3.94. The first-order chi connectivity index (χ1) is 15.9.